The van der Waals surface area contributed by atoms with E-state index in [1.54, 1.807) is 0 Å². The van der Waals surface area contributed by atoms with E-state index in [2.05, 4.69) is 13.8 Å². The summed E-state index contributed by atoms with van der Waals surface area (Å²) in [7, 11) is 0. The van der Waals surface area contributed by atoms with Crippen molar-refractivity contribution in [1.82, 2.24) is 0 Å². The van der Waals surface area contributed by atoms with E-state index in [4.69, 9.17) is 9.47 Å². The number of phenolic OH excluding ortho intramolecular Hbond substituents is 1. The van der Waals surface area contributed by atoms with E-state index in [1.165, 1.54) is 77.0 Å². The lowest BCUT2D eigenvalue weighted by Gasteiger charge is -2.13. The minimum absolute atomic E-state index is 0.242. The number of phenols is 1. The van der Waals surface area contributed by atoms with E-state index in [-0.39, 0.29) is 5.75 Å². The predicted molar refractivity (Wildman–Crippen MR) is 120 cm³/mol. The monoisotopic (exact) mass is 392 g/mol. The highest BCUT2D eigenvalue weighted by Gasteiger charge is 2.09. The van der Waals surface area contributed by atoms with Crippen LogP contribution in [0.3, 0.4) is 0 Å². The second-order valence-corrected chi connectivity index (χ2v) is 8.03. The summed E-state index contributed by atoms with van der Waals surface area (Å²) in [5.41, 5.74) is 0.812. The standard InChI is InChI=1S/C25H44O3/c1-4-6-8-10-12-14-16-18-27-23-20-22(3)25(26)24(21-23)28-19-17-15-13-11-9-7-5-2/h20-21,26H,4-19H2,1-3H3. The van der Waals surface area contributed by atoms with Crippen LogP contribution in [0, 0.1) is 6.92 Å². The maximum absolute atomic E-state index is 10.3. The largest absolute Gasteiger partial charge is 0.504 e. The summed E-state index contributed by atoms with van der Waals surface area (Å²) in [5.74, 6) is 1.60. The van der Waals surface area contributed by atoms with Crippen LogP contribution in [0.25, 0.3) is 0 Å². The van der Waals surface area contributed by atoms with E-state index in [9.17, 15) is 5.11 Å². The fourth-order valence-corrected chi connectivity index (χ4v) is 3.40. The number of hydrogen-bond acceptors (Lipinski definition) is 3. The van der Waals surface area contributed by atoms with Gasteiger partial charge in [-0.2, -0.15) is 0 Å². The van der Waals surface area contributed by atoms with Gasteiger partial charge >= 0.3 is 0 Å². The van der Waals surface area contributed by atoms with Crippen LogP contribution in [0.1, 0.15) is 109 Å². The van der Waals surface area contributed by atoms with Gasteiger partial charge in [-0.25, -0.2) is 0 Å². The molecule has 0 aliphatic carbocycles. The molecule has 0 amide bonds. The van der Waals surface area contributed by atoms with Gasteiger partial charge in [0.15, 0.2) is 11.5 Å². The molecule has 0 heterocycles. The molecule has 28 heavy (non-hydrogen) atoms. The highest BCUT2D eigenvalue weighted by molar-refractivity contribution is 5.50. The number of rotatable bonds is 18. The first-order valence-electron chi connectivity index (χ1n) is 11.8. The molecule has 0 fully saturated rings. The molecule has 1 N–H and O–H groups in total. The lowest BCUT2D eigenvalue weighted by Crippen LogP contribution is -2.01. The fourth-order valence-electron chi connectivity index (χ4n) is 3.40. The van der Waals surface area contributed by atoms with Crippen LogP contribution in [0.15, 0.2) is 12.1 Å². The van der Waals surface area contributed by atoms with Crippen molar-refractivity contribution in [2.75, 3.05) is 13.2 Å². The number of unbranched alkanes of at least 4 members (excludes halogenated alkanes) is 12. The summed E-state index contributed by atoms with van der Waals surface area (Å²) in [6.45, 7) is 7.78. The van der Waals surface area contributed by atoms with Crippen molar-refractivity contribution in [3.8, 4) is 17.2 Å². The molecule has 0 radical (unpaired) electrons. The predicted octanol–water partition coefficient (Wildman–Crippen LogP) is 7.96. The van der Waals surface area contributed by atoms with E-state index in [0.717, 1.165) is 30.8 Å². The van der Waals surface area contributed by atoms with Gasteiger partial charge in [0.1, 0.15) is 5.75 Å². The van der Waals surface area contributed by atoms with E-state index in [0.29, 0.717) is 12.4 Å². The van der Waals surface area contributed by atoms with E-state index < -0.39 is 0 Å². The molecule has 0 unspecified atom stereocenters. The Morgan fingerprint density at radius 2 is 1.11 bits per heavy atom. The summed E-state index contributed by atoms with van der Waals surface area (Å²) in [6, 6.07) is 3.74. The summed E-state index contributed by atoms with van der Waals surface area (Å²) >= 11 is 0. The lowest BCUT2D eigenvalue weighted by molar-refractivity contribution is 0.278. The summed E-state index contributed by atoms with van der Waals surface area (Å²) in [6.07, 6.45) is 17.7. The molecule has 3 heteroatoms. The maximum atomic E-state index is 10.3. The van der Waals surface area contributed by atoms with Gasteiger partial charge in [-0.3, -0.25) is 0 Å². The van der Waals surface area contributed by atoms with Crippen LogP contribution < -0.4 is 9.47 Å². The molecular formula is C25H44O3. The number of aryl methyl sites for hydroxylation is 1. The molecule has 0 saturated carbocycles. The normalized spacial score (nSPS) is 11.0. The molecule has 1 aromatic rings. The molecule has 0 aliphatic heterocycles. The zero-order valence-electron chi connectivity index (χ0n) is 18.7. The zero-order chi connectivity index (χ0) is 20.5. The summed E-state index contributed by atoms with van der Waals surface area (Å²) in [5, 5.41) is 10.3. The molecule has 162 valence electrons. The smallest absolute Gasteiger partial charge is 0.164 e. The van der Waals surface area contributed by atoms with Crippen molar-refractivity contribution in [3.63, 3.8) is 0 Å². The van der Waals surface area contributed by atoms with Crippen molar-refractivity contribution in [1.29, 1.82) is 0 Å². The lowest BCUT2D eigenvalue weighted by atomic mass is 10.1. The van der Waals surface area contributed by atoms with Crippen LogP contribution in [-0.4, -0.2) is 18.3 Å². The Labute approximate surface area is 173 Å². The third kappa shape index (κ3) is 11.5. The molecule has 3 nitrogen and oxygen atoms in total. The van der Waals surface area contributed by atoms with Gasteiger partial charge in [-0.15, -0.1) is 0 Å². The van der Waals surface area contributed by atoms with Gasteiger partial charge in [-0.05, 0) is 31.4 Å². The summed E-state index contributed by atoms with van der Waals surface area (Å²) < 4.78 is 11.7. The third-order valence-electron chi connectivity index (χ3n) is 5.26. The Balaban J connectivity index is 2.25. The van der Waals surface area contributed by atoms with Gasteiger partial charge in [0.05, 0.1) is 13.2 Å². The minimum atomic E-state index is 0.242. The van der Waals surface area contributed by atoms with Crippen LogP contribution in [0.4, 0.5) is 0 Å². The average molecular weight is 393 g/mol. The minimum Gasteiger partial charge on any atom is -0.504 e. The van der Waals surface area contributed by atoms with Crippen molar-refractivity contribution in [3.05, 3.63) is 17.7 Å². The van der Waals surface area contributed by atoms with Gasteiger partial charge in [0, 0.05) is 6.07 Å². The van der Waals surface area contributed by atoms with Gasteiger partial charge < -0.3 is 14.6 Å². The average Bonchev–Trinajstić information content (AvgIpc) is 2.69. The third-order valence-corrected chi connectivity index (χ3v) is 5.26. The quantitative estimate of drug-likeness (QED) is 0.257. The second kappa shape index (κ2) is 16.6. The number of ether oxygens (including phenoxy) is 2. The first-order valence-corrected chi connectivity index (χ1v) is 11.8. The van der Waals surface area contributed by atoms with E-state index in [1.807, 2.05) is 19.1 Å². The van der Waals surface area contributed by atoms with Crippen LogP contribution in [0.2, 0.25) is 0 Å². The highest BCUT2D eigenvalue weighted by atomic mass is 16.5. The molecule has 0 spiro atoms. The molecule has 1 rings (SSSR count). The summed E-state index contributed by atoms with van der Waals surface area (Å²) in [4.78, 5) is 0. The van der Waals surface area contributed by atoms with Crippen molar-refractivity contribution in [2.45, 2.75) is 111 Å². The van der Waals surface area contributed by atoms with Crippen molar-refractivity contribution >= 4 is 0 Å². The zero-order valence-corrected chi connectivity index (χ0v) is 18.7. The Bertz CT molecular complexity index is 499. The Morgan fingerprint density at radius 3 is 1.64 bits per heavy atom. The van der Waals surface area contributed by atoms with Crippen molar-refractivity contribution < 1.29 is 14.6 Å². The van der Waals surface area contributed by atoms with Crippen LogP contribution in [0.5, 0.6) is 17.2 Å². The number of hydrogen-bond donors (Lipinski definition) is 1. The number of aromatic hydroxyl groups is 1. The molecule has 1 aromatic carbocycles. The van der Waals surface area contributed by atoms with Gasteiger partial charge in [-0.1, -0.05) is 90.9 Å². The molecular weight excluding hydrogens is 348 g/mol. The Hall–Kier alpha value is -1.38. The molecule has 0 aliphatic rings. The van der Waals surface area contributed by atoms with Gasteiger partial charge in [0.25, 0.3) is 0 Å². The molecule has 0 atom stereocenters. The van der Waals surface area contributed by atoms with E-state index >= 15 is 0 Å². The van der Waals surface area contributed by atoms with Crippen LogP contribution >= 0.6 is 0 Å². The fraction of sp³-hybridized carbons (Fsp3) is 0.760. The Kier molecular flexibility index (Phi) is 14.6. The first kappa shape index (κ1) is 24.7. The number of benzene rings is 1. The molecule has 0 bridgehead atoms. The van der Waals surface area contributed by atoms with Gasteiger partial charge in [0.2, 0.25) is 0 Å². The SMILES string of the molecule is CCCCCCCCCOc1cc(C)c(O)c(OCCCCCCCCC)c1. The Morgan fingerprint density at radius 1 is 0.643 bits per heavy atom. The van der Waals surface area contributed by atoms with Crippen LogP contribution in [-0.2, 0) is 0 Å². The topological polar surface area (TPSA) is 38.7 Å². The second-order valence-electron chi connectivity index (χ2n) is 8.03. The molecule has 0 saturated heterocycles. The highest BCUT2D eigenvalue weighted by Crippen LogP contribution is 2.34. The van der Waals surface area contributed by atoms with Crippen molar-refractivity contribution in [2.24, 2.45) is 0 Å². The maximum Gasteiger partial charge on any atom is 0.164 e. The first-order chi connectivity index (χ1) is 13.7. The molecule has 0 aromatic heterocycles.